The van der Waals surface area contributed by atoms with Crippen molar-refractivity contribution >= 4 is 40.9 Å². The molecule has 0 bridgehead atoms. The highest BCUT2D eigenvalue weighted by Crippen LogP contribution is 2.34. The third-order valence-corrected chi connectivity index (χ3v) is 5.12. The lowest BCUT2D eigenvalue weighted by Gasteiger charge is -2.30. The molecule has 1 fully saturated rings. The summed E-state index contributed by atoms with van der Waals surface area (Å²) in [6.45, 7) is 0. The molecule has 31 heavy (non-hydrogen) atoms. The van der Waals surface area contributed by atoms with E-state index in [0.717, 1.165) is 5.69 Å². The smallest absolute Gasteiger partial charge is 0.270 e. The van der Waals surface area contributed by atoms with Crippen LogP contribution in [-0.4, -0.2) is 35.7 Å². The van der Waals surface area contributed by atoms with E-state index in [9.17, 15) is 9.59 Å². The predicted octanol–water partition coefficient (Wildman–Crippen LogP) is 3.33. The highest BCUT2D eigenvalue weighted by Gasteiger charge is 2.36. The highest BCUT2D eigenvalue weighted by atomic mass is 32.1. The minimum absolute atomic E-state index is 0.0194. The fraction of sp³-hybridized carbons (Fsp3) is 0.0870. The van der Waals surface area contributed by atoms with Crippen molar-refractivity contribution in [2.75, 3.05) is 19.1 Å². The van der Waals surface area contributed by atoms with E-state index in [1.54, 1.807) is 24.3 Å². The summed E-state index contributed by atoms with van der Waals surface area (Å²) < 4.78 is 12.5. The Balaban J connectivity index is 1.76. The molecule has 8 heteroatoms. The second-order valence-electron chi connectivity index (χ2n) is 6.63. The lowest BCUT2D eigenvalue weighted by Crippen LogP contribution is -2.54. The van der Waals surface area contributed by atoms with E-state index >= 15 is 0 Å². The number of carbonyl (C=O) groups excluding carboxylic acids is 2. The van der Waals surface area contributed by atoms with Crippen LogP contribution < -0.4 is 19.7 Å². The van der Waals surface area contributed by atoms with Gasteiger partial charge in [0.05, 0.1) is 19.9 Å². The Labute approximate surface area is 184 Å². The first-order valence-corrected chi connectivity index (χ1v) is 9.80. The fourth-order valence-electron chi connectivity index (χ4n) is 3.33. The van der Waals surface area contributed by atoms with E-state index in [2.05, 4.69) is 5.32 Å². The summed E-state index contributed by atoms with van der Waals surface area (Å²) in [6.07, 6.45) is 3.41. The monoisotopic (exact) mass is 433 g/mol. The zero-order chi connectivity index (χ0) is 22.0. The van der Waals surface area contributed by atoms with Crippen LogP contribution in [0.2, 0.25) is 0 Å². The van der Waals surface area contributed by atoms with Crippen molar-refractivity contribution in [2.24, 2.45) is 0 Å². The van der Waals surface area contributed by atoms with Crippen molar-refractivity contribution in [3.63, 3.8) is 0 Å². The molecule has 2 aromatic carbocycles. The number of amides is 2. The van der Waals surface area contributed by atoms with Crippen LogP contribution in [0.15, 0.2) is 72.4 Å². The molecule has 2 amide bonds. The number of para-hydroxylation sites is 1. The maximum atomic E-state index is 13.4. The summed E-state index contributed by atoms with van der Waals surface area (Å²) in [6, 6.07) is 18.3. The quantitative estimate of drug-likeness (QED) is 0.380. The molecule has 1 aliphatic rings. The molecule has 0 aliphatic carbocycles. The second-order valence-corrected chi connectivity index (χ2v) is 7.02. The summed E-state index contributed by atoms with van der Waals surface area (Å²) in [5.74, 6) is -0.146. The Kier molecular flexibility index (Phi) is 5.55. The molecule has 2 heterocycles. The van der Waals surface area contributed by atoms with E-state index in [1.165, 1.54) is 19.1 Å². The van der Waals surface area contributed by atoms with Crippen LogP contribution in [0.5, 0.6) is 11.5 Å². The number of nitrogens with zero attached hydrogens (tertiary/aromatic N) is 2. The molecule has 1 aliphatic heterocycles. The third kappa shape index (κ3) is 3.80. The van der Waals surface area contributed by atoms with Gasteiger partial charge in [-0.15, -0.1) is 0 Å². The maximum absolute atomic E-state index is 13.4. The van der Waals surface area contributed by atoms with E-state index in [1.807, 2.05) is 53.2 Å². The number of benzene rings is 2. The van der Waals surface area contributed by atoms with Crippen LogP contribution in [-0.2, 0) is 9.59 Å². The minimum atomic E-state index is -0.556. The van der Waals surface area contributed by atoms with Crippen LogP contribution in [0, 0.1) is 0 Å². The first-order chi connectivity index (χ1) is 15.0. The van der Waals surface area contributed by atoms with Gasteiger partial charge >= 0.3 is 0 Å². The van der Waals surface area contributed by atoms with Gasteiger partial charge in [-0.2, -0.15) is 0 Å². The first kappa shape index (κ1) is 20.4. The van der Waals surface area contributed by atoms with Crippen LogP contribution >= 0.6 is 12.2 Å². The van der Waals surface area contributed by atoms with Crippen LogP contribution in [0.1, 0.15) is 5.69 Å². The summed E-state index contributed by atoms with van der Waals surface area (Å²) in [7, 11) is 3.02. The SMILES string of the molecule is COc1ccc(N2C(=O)/C(=C/c3cccn3-c3ccccc3)C(=O)NC2=S)c(OC)c1. The molecule has 0 saturated carbocycles. The van der Waals surface area contributed by atoms with Gasteiger partial charge in [0, 0.05) is 23.6 Å². The van der Waals surface area contributed by atoms with Crippen molar-refractivity contribution in [2.45, 2.75) is 0 Å². The number of methoxy groups -OCH3 is 2. The van der Waals surface area contributed by atoms with Gasteiger partial charge in [0.25, 0.3) is 11.8 Å². The standard InChI is InChI=1S/C23H19N3O4S/c1-29-17-10-11-19(20(14-17)30-2)26-22(28)18(21(27)24-23(26)31)13-16-9-6-12-25(16)15-7-4-3-5-8-15/h3-14H,1-2H3,(H,24,27,31)/b18-13+. The molecule has 0 radical (unpaired) electrons. The second kappa shape index (κ2) is 8.45. The van der Waals surface area contributed by atoms with E-state index < -0.39 is 11.8 Å². The Morgan fingerprint density at radius 2 is 1.74 bits per heavy atom. The fourth-order valence-corrected chi connectivity index (χ4v) is 3.60. The Hall–Kier alpha value is -3.91. The average molecular weight is 433 g/mol. The number of aromatic nitrogens is 1. The van der Waals surface area contributed by atoms with Gasteiger partial charge in [-0.1, -0.05) is 18.2 Å². The maximum Gasteiger partial charge on any atom is 0.270 e. The van der Waals surface area contributed by atoms with E-state index in [-0.39, 0.29) is 10.7 Å². The first-order valence-electron chi connectivity index (χ1n) is 9.39. The van der Waals surface area contributed by atoms with E-state index in [0.29, 0.717) is 22.9 Å². The molecule has 3 aromatic rings. The Bertz CT molecular complexity index is 1200. The number of nitrogens with one attached hydrogen (secondary N) is 1. The lowest BCUT2D eigenvalue weighted by molar-refractivity contribution is -0.122. The topological polar surface area (TPSA) is 72.8 Å². The van der Waals surface area contributed by atoms with Crippen molar-refractivity contribution in [1.29, 1.82) is 0 Å². The molecule has 1 saturated heterocycles. The van der Waals surface area contributed by atoms with Crippen molar-refractivity contribution in [3.05, 3.63) is 78.1 Å². The van der Waals surface area contributed by atoms with Crippen molar-refractivity contribution in [1.82, 2.24) is 9.88 Å². The number of hydrogen-bond acceptors (Lipinski definition) is 5. The van der Waals surface area contributed by atoms with Crippen LogP contribution in [0.25, 0.3) is 11.8 Å². The van der Waals surface area contributed by atoms with E-state index in [4.69, 9.17) is 21.7 Å². The van der Waals surface area contributed by atoms with Crippen molar-refractivity contribution in [3.8, 4) is 17.2 Å². The molecule has 7 nitrogen and oxygen atoms in total. The number of rotatable bonds is 5. The number of anilines is 1. The predicted molar refractivity (Wildman–Crippen MR) is 122 cm³/mol. The lowest BCUT2D eigenvalue weighted by atomic mass is 10.1. The van der Waals surface area contributed by atoms with Gasteiger partial charge < -0.3 is 14.0 Å². The summed E-state index contributed by atoms with van der Waals surface area (Å²) >= 11 is 5.29. The summed E-state index contributed by atoms with van der Waals surface area (Å²) in [5.41, 5.74) is 1.95. The van der Waals surface area contributed by atoms with Gasteiger partial charge in [-0.3, -0.25) is 14.9 Å². The average Bonchev–Trinajstić information content (AvgIpc) is 3.25. The normalized spacial score (nSPS) is 15.2. The van der Waals surface area contributed by atoms with Crippen molar-refractivity contribution < 1.29 is 19.1 Å². The number of thiocarbonyl (C=S) groups is 1. The molecular formula is C23H19N3O4S. The molecule has 1 aromatic heterocycles. The third-order valence-electron chi connectivity index (χ3n) is 4.84. The van der Waals surface area contributed by atoms with Crippen LogP contribution in [0.4, 0.5) is 5.69 Å². The molecule has 0 atom stereocenters. The van der Waals surface area contributed by atoms with Gasteiger partial charge in [-0.05, 0) is 54.7 Å². The Morgan fingerprint density at radius 1 is 0.968 bits per heavy atom. The van der Waals surface area contributed by atoms with Crippen LogP contribution in [0.3, 0.4) is 0 Å². The number of ether oxygens (including phenoxy) is 2. The molecule has 1 N–H and O–H groups in total. The minimum Gasteiger partial charge on any atom is -0.497 e. The Morgan fingerprint density at radius 3 is 2.45 bits per heavy atom. The largest absolute Gasteiger partial charge is 0.497 e. The van der Waals surface area contributed by atoms with Gasteiger partial charge in [0.1, 0.15) is 17.1 Å². The summed E-state index contributed by atoms with van der Waals surface area (Å²) in [4.78, 5) is 27.2. The van der Waals surface area contributed by atoms with Gasteiger partial charge in [-0.25, -0.2) is 4.90 Å². The zero-order valence-corrected chi connectivity index (χ0v) is 17.7. The van der Waals surface area contributed by atoms with Gasteiger partial charge in [0.2, 0.25) is 0 Å². The molecule has 4 rings (SSSR count). The number of hydrogen-bond donors (Lipinski definition) is 1. The molecule has 0 unspecified atom stereocenters. The summed E-state index contributed by atoms with van der Waals surface area (Å²) in [5, 5.41) is 2.57. The molecule has 0 spiro atoms. The molecular weight excluding hydrogens is 414 g/mol. The molecule has 156 valence electrons. The van der Waals surface area contributed by atoms with Gasteiger partial charge in [0.15, 0.2) is 5.11 Å². The number of carbonyl (C=O) groups is 2. The highest BCUT2D eigenvalue weighted by molar-refractivity contribution is 7.80. The zero-order valence-electron chi connectivity index (χ0n) is 16.9.